The van der Waals surface area contributed by atoms with Crippen LogP contribution in [0.4, 0.5) is 0 Å². The van der Waals surface area contributed by atoms with Crippen LogP contribution in [0.5, 0.6) is 0 Å². The SMILES string of the molecule is C#CCN(C(=O)c1ccc(Cl)cc1Cl)[C@@H](Cc1ccccc1)C(=O)OC.C#CCN[C@@H](Cc1ccccc1)C(=O)OC.O=C(Cl)c1ccc(Cl)cc1Cl. The van der Waals surface area contributed by atoms with Gasteiger partial charge in [-0.1, -0.05) is 119 Å². The van der Waals surface area contributed by atoms with E-state index in [1.54, 1.807) is 12.1 Å². The molecule has 0 aliphatic rings. The third-order valence-electron chi connectivity index (χ3n) is 7.17. The number of halogens is 5. The first kappa shape index (κ1) is 44.7. The Morgan fingerprint density at radius 3 is 1.62 bits per heavy atom. The number of nitrogens with one attached hydrogen (secondary N) is 1. The largest absolute Gasteiger partial charge is 0.468 e. The van der Waals surface area contributed by atoms with Gasteiger partial charge in [0.05, 0.1) is 48.5 Å². The van der Waals surface area contributed by atoms with Crippen molar-refractivity contribution in [2.24, 2.45) is 0 Å². The maximum atomic E-state index is 13.0. The van der Waals surface area contributed by atoms with E-state index in [-0.39, 0.29) is 46.1 Å². The fourth-order valence-corrected chi connectivity index (χ4v) is 5.79. The van der Waals surface area contributed by atoms with Crippen LogP contribution in [0.25, 0.3) is 0 Å². The summed E-state index contributed by atoms with van der Waals surface area (Å²) in [7, 11) is 2.64. The van der Waals surface area contributed by atoms with Crippen molar-refractivity contribution in [3.05, 3.63) is 139 Å². The highest BCUT2D eigenvalue weighted by atomic mass is 35.5. The Morgan fingerprint density at radius 1 is 0.698 bits per heavy atom. The molecule has 276 valence electrons. The lowest BCUT2D eigenvalue weighted by molar-refractivity contribution is -0.146. The molecule has 0 saturated heterocycles. The Hall–Kier alpha value is -4.51. The second kappa shape index (κ2) is 23.9. The summed E-state index contributed by atoms with van der Waals surface area (Å²) in [5.74, 6) is 3.56. The van der Waals surface area contributed by atoms with Gasteiger partial charge in [0.25, 0.3) is 11.1 Å². The van der Waals surface area contributed by atoms with E-state index in [4.69, 9.17) is 80.3 Å². The summed E-state index contributed by atoms with van der Waals surface area (Å²) in [5, 5.41) is 3.73. The van der Waals surface area contributed by atoms with Crippen molar-refractivity contribution in [3.63, 3.8) is 0 Å². The third-order valence-corrected chi connectivity index (χ3v) is 8.47. The fraction of sp³-hybridized carbons (Fsp3) is 0.200. The molecule has 4 aromatic rings. The normalized spacial score (nSPS) is 11.0. The quantitative estimate of drug-likeness (QED) is 0.0874. The van der Waals surface area contributed by atoms with Crippen molar-refractivity contribution in [1.29, 1.82) is 0 Å². The molecular weight excluding hydrogens is 782 g/mol. The van der Waals surface area contributed by atoms with Gasteiger partial charge in [-0.2, -0.15) is 0 Å². The summed E-state index contributed by atoms with van der Waals surface area (Å²) in [6.07, 6.45) is 11.4. The van der Waals surface area contributed by atoms with E-state index < -0.39 is 23.2 Å². The van der Waals surface area contributed by atoms with E-state index in [2.05, 4.69) is 17.2 Å². The Kier molecular flexibility index (Phi) is 20.2. The smallest absolute Gasteiger partial charge is 0.328 e. The number of rotatable bonds is 12. The summed E-state index contributed by atoms with van der Waals surface area (Å²) in [6, 6.07) is 26.8. The summed E-state index contributed by atoms with van der Waals surface area (Å²) in [6.45, 7) is 0.289. The van der Waals surface area contributed by atoms with Crippen molar-refractivity contribution in [3.8, 4) is 24.7 Å². The summed E-state index contributed by atoms with van der Waals surface area (Å²) < 4.78 is 9.60. The highest BCUT2D eigenvalue weighted by Gasteiger charge is 2.32. The van der Waals surface area contributed by atoms with Crippen molar-refractivity contribution >= 4 is 81.1 Å². The van der Waals surface area contributed by atoms with Gasteiger partial charge in [-0.25, -0.2) is 4.79 Å². The predicted molar refractivity (Wildman–Crippen MR) is 212 cm³/mol. The number of carbonyl (C=O) groups excluding carboxylic acids is 4. The molecule has 8 nitrogen and oxygen atoms in total. The van der Waals surface area contributed by atoms with E-state index >= 15 is 0 Å². The number of terminal acetylenes is 2. The molecule has 4 aromatic carbocycles. The first-order valence-corrected chi connectivity index (χ1v) is 17.5. The molecule has 1 N–H and O–H groups in total. The van der Waals surface area contributed by atoms with Gasteiger partial charge < -0.3 is 14.4 Å². The number of amides is 1. The molecule has 1 amide bonds. The number of benzene rings is 4. The number of hydrogen-bond acceptors (Lipinski definition) is 7. The first-order valence-electron chi connectivity index (χ1n) is 15.6. The van der Waals surface area contributed by atoms with Crippen LogP contribution in [0.2, 0.25) is 20.1 Å². The van der Waals surface area contributed by atoms with Crippen LogP contribution >= 0.6 is 58.0 Å². The zero-order valence-corrected chi connectivity index (χ0v) is 32.4. The van der Waals surface area contributed by atoms with E-state index in [0.29, 0.717) is 23.0 Å². The number of hydrogen-bond donors (Lipinski definition) is 1. The van der Waals surface area contributed by atoms with Crippen molar-refractivity contribution < 1.29 is 28.7 Å². The standard InChI is InChI=1S/C20H17Cl2NO3.C13H15NO2.C7H3Cl3O/c1-3-11-23(19(24)16-10-9-15(21)13-17(16)22)18(20(25)26-2)12-14-7-5-4-6-8-14;1-3-9-14-12(13(15)16-2)10-11-7-5-4-6-8-11;8-4-1-2-5(7(10)11)6(9)3-4/h1,4-10,13,18H,11-12H2,2H3;1,4-8,12,14H,9-10H2,2H3;1-3H/t18-;12-;/m00./s1. The van der Waals surface area contributed by atoms with Crippen LogP contribution in [-0.2, 0) is 31.9 Å². The maximum Gasteiger partial charge on any atom is 0.328 e. The molecule has 0 heterocycles. The van der Waals surface area contributed by atoms with Gasteiger partial charge in [0.2, 0.25) is 0 Å². The van der Waals surface area contributed by atoms with Crippen LogP contribution in [0.3, 0.4) is 0 Å². The summed E-state index contributed by atoms with van der Waals surface area (Å²) in [4.78, 5) is 48.8. The molecule has 0 aromatic heterocycles. The molecule has 0 spiro atoms. The van der Waals surface area contributed by atoms with Crippen LogP contribution in [0.15, 0.2) is 97.1 Å². The molecule has 53 heavy (non-hydrogen) atoms. The molecule has 0 aliphatic heterocycles. The van der Waals surface area contributed by atoms with Gasteiger partial charge in [0, 0.05) is 16.5 Å². The van der Waals surface area contributed by atoms with Gasteiger partial charge in [-0.05, 0) is 65.5 Å². The monoisotopic (exact) mass is 814 g/mol. The fourth-order valence-electron chi connectivity index (χ4n) is 4.60. The van der Waals surface area contributed by atoms with Crippen LogP contribution in [0, 0.1) is 24.7 Å². The molecule has 13 heteroatoms. The Labute approximate surface area is 334 Å². The minimum atomic E-state index is -0.877. The topological polar surface area (TPSA) is 102 Å². The second-order valence-electron chi connectivity index (χ2n) is 10.7. The zero-order valence-electron chi connectivity index (χ0n) is 28.7. The van der Waals surface area contributed by atoms with Crippen molar-refractivity contribution in [2.45, 2.75) is 24.9 Å². The van der Waals surface area contributed by atoms with Gasteiger partial charge >= 0.3 is 11.9 Å². The van der Waals surface area contributed by atoms with E-state index in [9.17, 15) is 19.2 Å². The lowest BCUT2D eigenvalue weighted by Gasteiger charge is -2.29. The van der Waals surface area contributed by atoms with E-state index in [0.717, 1.165) is 11.1 Å². The van der Waals surface area contributed by atoms with Crippen LogP contribution < -0.4 is 5.32 Å². The Morgan fingerprint density at radius 2 is 1.19 bits per heavy atom. The Balaban J connectivity index is 0.000000305. The first-order chi connectivity index (χ1) is 25.4. The summed E-state index contributed by atoms with van der Waals surface area (Å²) in [5.41, 5.74) is 2.44. The Bertz CT molecular complexity index is 1910. The predicted octanol–water partition coefficient (Wildman–Crippen LogP) is 8.22. The van der Waals surface area contributed by atoms with Crippen molar-refractivity contribution in [1.82, 2.24) is 10.2 Å². The van der Waals surface area contributed by atoms with Gasteiger partial charge in [-0.3, -0.25) is 19.7 Å². The van der Waals surface area contributed by atoms with E-state index in [1.807, 2.05) is 60.7 Å². The number of methoxy groups -OCH3 is 2. The molecule has 0 bridgehead atoms. The molecule has 0 saturated carbocycles. The maximum absolute atomic E-state index is 13.0. The average molecular weight is 817 g/mol. The van der Waals surface area contributed by atoms with E-state index in [1.165, 1.54) is 43.4 Å². The molecule has 0 fully saturated rings. The lowest BCUT2D eigenvalue weighted by Crippen LogP contribution is -2.47. The number of carbonyl (C=O) groups is 4. The highest BCUT2D eigenvalue weighted by Crippen LogP contribution is 2.24. The van der Waals surface area contributed by atoms with Crippen LogP contribution in [-0.4, -0.2) is 67.4 Å². The highest BCUT2D eigenvalue weighted by molar-refractivity contribution is 6.68. The second-order valence-corrected chi connectivity index (χ2v) is 12.8. The third kappa shape index (κ3) is 15.2. The number of ether oxygens (including phenoxy) is 2. The minimum absolute atomic E-state index is 0.0651. The van der Waals surface area contributed by atoms with Crippen molar-refractivity contribution in [2.75, 3.05) is 27.3 Å². The molecular formula is C40H35Cl5N2O6. The van der Waals surface area contributed by atoms with Crippen LogP contribution in [0.1, 0.15) is 31.8 Å². The minimum Gasteiger partial charge on any atom is -0.468 e. The molecule has 0 unspecified atom stereocenters. The molecule has 0 aliphatic carbocycles. The average Bonchev–Trinajstić information content (AvgIpc) is 3.15. The molecule has 4 rings (SSSR count). The molecule has 2 atom stereocenters. The number of nitrogens with zero attached hydrogens (tertiary/aromatic N) is 1. The summed E-state index contributed by atoms with van der Waals surface area (Å²) >= 11 is 28.4. The molecule has 0 radical (unpaired) electrons. The van der Waals surface area contributed by atoms with Gasteiger partial charge in [0.1, 0.15) is 12.1 Å². The zero-order chi connectivity index (χ0) is 39.3. The lowest BCUT2D eigenvalue weighted by atomic mass is 10.0. The van der Waals surface area contributed by atoms with Gasteiger partial charge in [-0.15, -0.1) is 12.8 Å². The number of esters is 2. The van der Waals surface area contributed by atoms with Gasteiger partial charge in [0.15, 0.2) is 0 Å².